The predicted molar refractivity (Wildman–Crippen MR) is 73.9 cm³/mol. The third kappa shape index (κ3) is 3.68. The number of para-hydroxylation sites is 1. The summed E-state index contributed by atoms with van der Waals surface area (Å²) in [7, 11) is 0. The van der Waals surface area contributed by atoms with Gasteiger partial charge in [0.1, 0.15) is 5.75 Å². The van der Waals surface area contributed by atoms with Gasteiger partial charge in [0.15, 0.2) is 0 Å². The number of pyridine rings is 1. The van der Waals surface area contributed by atoms with Crippen LogP contribution in [0.15, 0.2) is 53.5 Å². The van der Waals surface area contributed by atoms with Crippen molar-refractivity contribution in [2.24, 2.45) is 0 Å². The van der Waals surface area contributed by atoms with Gasteiger partial charge in [0.25, 0.3) is 11.2 Å². The lowest BCUT2D eigenvalue weighted by Crippen LogP contribution is -2.20. The van der Waals surface area contributed by atoms with Crippen molar-refractivity contribution in [3.63, 3.8) is 0 Å². The summed E-state index contributed by atoms with van der Waals surface area (Å²) in [5, 5.41) is 10.6. The van der Waals surface area contributed by atoms with Crippen LogP contribution < -0.4 is 10.3 Å². The van der Waals surface area contributed by atoms with E-state index in [-0.39, 0.29) is 11.2 Å². The molecule has 2 rings (SSSR count). The first-order chi connectivity index (χ1) is 9.66. The molecule has 2 aromatic rings. The van der Waals surface area contributed by atoms with Crippen LogP contribution in [-0.4, -0.2) is 16.1 Å². The van der Waals surface area contributed by atoms with Gasteiger partial charge in [-0.25, -0.2) is 0 Å². The van der Waals surface area contributed by atoms with E-state index < -0.39 is 4.92 Å². The van der Waals surface area contributed by atoms with Crippen LogP contribution in [0.5, 0.6) is 5.75 Å². The minimum atomic E-state index is -0.517. The molecule has 0 aliphatic heterocycles. The molecule has 0 spiro atoms. The molecule has 20 heavy (non-hydrogen) atoms. The van der Waals surface area contributed by atoms with Gasteiger partial charge < -0.3 is 9.30 Å². The quantitative estimate of drug-likeness (QED) is 0.460. The number of hydrogen-bond acceptors (Lipinski definition) is 4. The molecule has 0 amide bonds. The Labute approximate surface area is 115 Å². The Morgan fingerprint density at radius 3 is 2.60 bits per heavy atom. The molecular weight excluding hydrogens is 260 g/mol. The molecule has 0 aliphatic rings. The van der Waals surface area contributed by atoms with Crippen LogP contribution in [-0.2, 0) is 6.54 Å². The second-order valence-corrected chi connectivity index (χ2v) is 4.19. The van der Waals surface area contributed by atoms with Crippen molar-refractivity contribution in [3.8, 4) is 5.75 Å². The van der Waals surface area contributed by atoms with E-state index in [0.717, 1.165) is 5.75 Å². The maximum Gasteiger partial charge on any atom is 0.285 e. The van der Waals surface area contributed by atoms with Gasteiger partial charge >= 0.3 is 0 Å². The lowest BCUT2D eigenvalue weighted by molar-refractivity contribution is -0.385. The molecule has 0 radical (unpaired) electrons. The Hall–Kier alpha value is -2.63. The molecule has 6 nitrogen and oxygen atoms in total. The number of ether oxygens (including phenoxy) is 1. The number of nitrogens with zero attached hydrogens (tertiary/aromatic N) is 2. The Morgan fingerprint density at radius 2 is 1.90 bits per heavy atom. The number of hydrogen-bond donors (Lipinski definition) is 0. The molecule has 0 unspecified atom stereocenters. The summed E-state index contributed by atoms with van der Waals surface area (Å²) in [6.07, 6.45) is 1.85. The van der Waals surface area contributed by atoms with E-state index in [1.54, 1.807) is 0 Å². The topological polar surface area (TPSA) is 74.4 Å². The largest absolute Gasteiger partial charge is 0.494 e. The average molecular weight is 274 g/mol. The zero-order valence-corrected chi connectivity index (χ0v) is 10.8. The highest BCUT2D eigenvalue weighted by atomic mass is 16.6. The first kappa shape index (κ1) is 13.8. The molecule has 1 aromatic carbocycles. The first-order valence-corrected chi connectivity index (χ1v) is 6.19. The SMILES string of the molecule is O=c1ccc([N+](=O)[O-])cn1CCCOc1ccccc1. The van der Waals surface area contributed by atoms with Gasteiger partial charge in [0.2, 0.25) is 0 Å². The van der Waals surface area contributed by atoms with Crippen LogP contribution in [0.25, 0.3) is 0 Å². The second kappa shape index (κ2) is 6.51. The van der Waals surface area contributed by atoms with E-state index >= 15 is 0 Å². The highest BCUT2D eigenvalue weighted by Gasteiger charge is 2.07. The van der Waals surface area contributed by atoms with Crippen LogP contribution in [0.2, 0.25) is 0 Å². The van der Waals surface area contributed by atoms with Gasteiger partial charge in [-0.3, -0.25) is 14.9 Å². The van der Waals surface area contributed by atoms with Crippen LogP contribution in [0, 0.1) is 10.1 Å². The molecule has 0 N–H and O–H groups in total. The smallest absolute Gasteiger partial charge is 0.285 e. The third-order valence-corrected chi connectivity index (χ3v) is 2.73. The highest BCUT2D eigenvalue weighted by Crippen LogP contribution is 2.09. The Morgan fingerprint density at radius 1 is 1.15 bits per heavy atom. The Balaban J connectivity index is 1.89. The monoisotopic (exact) mass is 274 g/mol. The van der Waals surface area contributed by atoms with Crippen molar-refractivity contribution in [1.29, 1.82) is 0 Å². The lowest BCUT2D eigenvalue weighted by Gasteiger charge is -2.07. The summed E-state index contributed by atoms with van der Waals surface area (Å²) in [6, 6.07) is 11.8. The van der Waals surface area contributed by atoms with E-state index in [2.05, 4.69) is 0 Å². The van der Waals surface area contributed by atoms with Gasteiger partial charge in [0, 0.05) is 18.7 Å². The van der Waals surface area contributed by atoms with E-state index in [9.17, 15) is 14.9 Å². The summed E-state index contributed by atoms with van der Waals surface area (Å²) in [6.45, 7) is 0.826. The van der Waals surface area contributed by atoms with Gasteiger partial charge in [-0.2, -0.15) is 0 Å². The average Bonchev–Trinajstić information content (AvgIpc) is 2.46. The molecule has 1 heterocycles. The Kier molecular flexibility index (Phi) is 4.49. The fourth-order valence-corrected chi connectivity index (χ4v) is 1.74. The van der Waals surface area contributed by atoms with Gasteiger partial charge in [-0.05, 0) is 18.6 Å². The van der Waals surface area contributed by atoms with Crippen molar-refractivity contribution in [3.05, 3.63) is 69.1 Å². The predicted octanol–water partition coefficient (Wildman–Crippen LogP) is 2.23. The summed E-state index contributed by atoms with van der Waals surface area (Å²) >= 11 is 0. The highest BCUT2D eigenvalue weighted by molar-refractivity contribution is 5.24. The zero-order chi connectivity index (χ0) is 14.4. The van der Waals surface area contributed by atoms with Crippen molar-refractivity contribution in [2.45, 2.75) is 13.0 Å². The zero-order valence-electron chi connectivity index (χ0n) is 10.8. The van der Waals surface area contributed by atoms with E-state index in [1.165, 1.54) is 22.9 Å². The number of rotatable bonds is 6. The standard InChI is InChI=1S/C14H14N2O4/c17-14-8-7-12(16(18)19)11-15(14)9-4-10-20-13-5-2-1-3-6-13/h1-3,5-8,11H,4,9-10H2. The molecule has 1 aromatic heterocycles. The lowest BCUT2D eigenvalue weighted by atomic mass is 10.3. The van der Waals surface area contributed by atoms with Crippen LogP contribution >= 0.6 is 0 Å². The van der Waals surface area contributed by atoms with Gasteiger partial charge in [0.05, 0.1) is 17.7 Å². The molecule has 0 saturated carbocycles. The fraction of sp³-hybridized carbons (Fsp3) is 0.214. The van der Waals surface area contributed by atoms with Gasteiger partial charge in [-0.15, -0.1) is 0 Å². The number of aryl methyl sites for hydroxylation is 1. The molecule has 0 fully saturated rings. The van der Waals surface area contributed by atoms with Crippen LogP contribution in [0.1, 0.15) is 6.42 Å². The maximum atomic E-state index is 11.6. The van der Waals surface area contributed by atoms with Crippen LogP contribution in [0.4, 0.5) is 5.69 Å². The molecule has 0 bridgehead atoms. The molecule has 6 heteroatoms. The summed E-state index contributed by atoms with van der Waals surface area (Å²) < 4.78 is 6.82. The molecule has 0 aliphatic carbocycles. The number of benzene rings is 1. The van der Waals surface area contributed by atoms with Gasteiger partial charge in [-0.1, -0.05) is 18.2 Å². The van der Waals surface area contributed by atoms with Crippen molar-refractivity contribution >= 4 is 5.69 Å². The molecule has 0 atom stereocenters. The van der Waals surface area contributed by atoms with Crippen LogP contribution in [0.3, 0.4) is 0 Å². The summed E-state index contributed by atoms with van der Waals surface area (Å²) in [5.74, 6) is 0.763. The van der Waals surface area contributed by atoms with Crippen molar-refractivity contribution in [1.82, 2.24) is 4.57 Å². The van der Waals surface area contributed by atoms with E-state index in [0.29, 0.717) is 19.6 Å². The fourth-order valence-electron chi connectivity index (χ4n) is 1.74. The molecule has 0 saturated heterocycles. The Bertz CT molecular complexity index is 637. The van der Waals surface area contributed by atoms with Crippen molar-refractivity contribution in [2.75, 3.05) is 6.61 Å². The third-order valence-electron chi connectivity index (χ3n) is 2.73. The van der Waals surface area contributed by atoms with Crippen molar-refractivity contribution < 1.29 is 9.66 Å². The first-order valence-electron chi connectivity index (χ1n) is 6.19. The maximum absolute atomic E-state index is 11.6. The summed E-state index contributed by atoms with van der Waals surface area (Å²) in [5.41, 5.74) is -0.344. The normalized spacial score (nSPS) is 10.2. The minimum absolute atomic E-state index is 0.0893. The molecule has 104 valence electrons. The molecular formula is C14H14N2O4. The van der Waals surface area contributed by atoms with E-state index in [1.807, 2.05) is 30.3 Å². The summed E-state index contributed by atoms with van der Waals surface area (Å²) in [4.78, 5) is 21.7. The minimum Gasteiger partial charge on any atom is -0.494 e. The number of aromatic nitrogens is 1. The second-order valence-electron chi connectivity index (χ2n) is 4.19. The van der Waals surface area contributed by atoms with E-state index in [4.69, 9.17) is 4.74 Å². The number of nitro groups is 1.